The molecule has 9 rings (SSSR count). The maximum Gasteiger partial charge on any atom is 0.105 e. The summed E-state index contributed by atoms with van der Waals surface area (Å²) in [5.74, 6) is 0. The highest BCUT2D eigenvalue weighted by Gasteiger charge is 2.46. The first-order valence-corrected chi connectivity index (χ1v) is 19.1. The molecule has 2 aliphatic rings. The van der Waals surface area contributed by atoms with Crippen LogP contribution >= 0.6 is 0 Å². The monoisotopic (exact) mass is 703 g/mol. The van der Waals surface area contributed by atoms with E-state index in [2.05, 4.69) is 221 Å². The number of nitrogens with one attached hydrogen (secondary N) is 2. The molecule has 2 aliphatic heterocycles. The minimum atomic E-state index is -0.126. The van der Waals surface area contributed by atoms with Crippen molar-refractivity contribution >= 4 is 0 Å². The Morgan fingerprint density at radius 1 is 0.352 bits per heavy atom. The van der Waals surface area contributed by atoms with Gasteiger partial charge in [0.1, 0.15) is 12.3 Å². The molecule has 0 amide bonds. The van der Waals surface area contributed by atoms with Crippen LogP contribution in [0.25, 0.3) is 0 Å². The zero-order valence-electron chi connectivity index (χ0n) is 30.3. The van der Waals surface area contributed by atoms with Gasteiger partial charge < -0.3 is 0 Å². The maximum absolute atomic E-state index is 5.62. The maximum atomic E-state index is 5.62. The molecule has 3 heterocycles. The second-order valence-electron chi connectivity index (χ2n) is 14.4. The number of pyridine rings is 1. The third-order valence-electron chi connectivity index (χ3n) is 11.1. The quantitative estimate of drug-likeness (QED) is 0.149. The normalized spacial score (nSPS) is 23.0. The minimum absolute atomic E-state index is 0.0666. The van der Waals surface area contributed by atoms with Gasteiger partial charge in [0, 0.05) is 13.1 Å². The summed E-state index contributed by atoms with van der Waals surface area (Å²) >= 11 is 0. The van der Waals surface area contributed by atoms with Gasteiger partial charge in [-0.2, -0.15) is 0 Å². The van der Waals surface area contributed by atoms with Crippen LogP contribution in [0.15, 0.2) is 200 Å². The van der Waals surface area contributed by atoms with Crippen LogP contribution in [0.4, 0.5) is 0 Å². The molecule has 6 atom stereocenters. The molecule has 0 bridgehead atoms. The molecule has 54 heavy (non-hydrogen) atoms. The van der Waals surface area contributed by atoms with Crippen LogP contribution in [0, 0.1) is 0 Å². The standard InChI is InChI=1S/C49H45N5/c1-7-20-36(21-8-1)34-53-46(40-28-15-5-16-29-40)44(38-24-11-3-12-25-38)51-48(53)42-32-19-33-43(50-42)49-52-45(39-26-13-4-14-27-39)47(41-30-17-6-18-31-41)54(49)35-37-22-9-2-10-23-37/h1-33,44-49,51-52H,34-35H2/t44-,45-,46-,47-,48+,49+/m0/s1. The van der Waals surface area contributed by atoms with E-state index in [1.165, 1.54) is 33.4 Å². The number of benzene rings is 6. The van der Waals surface area contributed by atoms with Crippen molar-refractivity contribution in [2.45, 2.75) is 49.6 Å². The number of hydrogen-bond acceptors (Lipinski definition) is 5. The summed E-state index contributed by atoms with van der Waals surface area (Å²) in [6.07, 6.45) is -0.251. The Kier molecular flexibility index (Phi) is 9.93. The zero-order valence-corrected chi connectivity index (χ0v) is 30.3. The highest BCUT2D eigenvalue weighted by Crippen LogP contribution is 2.48. The van der Waals surface area contributed by atoms with Gasteiger partial charge in [-0.25, -0.2) is 0 Å². The van der Waals surface area contributed by atoms with E-state index in [1.54, 1.807) is 0 Å². The van der Waals surface area contributed by atoms with E-state index >= 15 is 0 Å². The van der Waals surface area contributed by atoms with Crippen LogP contribution in [0.2, 0.25) is 0 Å². The Morgan fingerprint density at radius 3 is 1.02 bits per heavy atom. The average Bonchev–Trinajstić information content (AvgIpc) is 3.82. The second kappa shape index (κ2) is 15.7. The summed E-state index contributed by atoms with van der Waals surface area (Å²) in [7, 11) is 0. The highest BCUT2D eigenvalue weighted by molar-refractivity contribution is 5.35. The van der Waals surface area contributed by atoms with E-state index in [0.29, 0.717) is 0 Å². The molecule has 1 aromatic heterocycles. The molecule has 0 saturated carbocycles. The average molecular weight is 704 g/mol. The number of nitrogens with zero attached hydrogens (tertiary/aromatic N) is 3. The molecule has 0 spiro atoms. The van der Waals surface area contributed by atoms with Gasteiger partial charge in [0.05, 0.1) is 35.6 Å². The van der Waals surface area contributed by atoms with Gasteiger partial charge in [0.15, 0.2) is 0 Å². The molecule has 2 fully saturated rings. The number of aromatic nitrogens is 1. The first-order valence-electron chi connectivity index (χ1n) is 19.1. The number of rotatable bonds is 10. The summed E-state index contributed by atoms with van der Waals surface area (Å²) in [6.45, 7) is 1.56. The molecule has 0 unspecified atom stereocenters. The van der Waals surface area contributed by atoms with Crippen LogP contribution in [-0.2, 0) is 13.1 Å². The van der Waals surface area contributed by atoms with E-state index in [9.17, 15) is 0 Å². The molecule has 0 radical (unpaired) electrons. The predicted molar refractivity (Wildman–Crippen MR) is 217 cm³/mol. The Morgan fingerprint density at radius 2 is 0.667 bits per heavy atom. The van der Waals surface area contributed by atoms with Crippen molar-refractivity contribution in [3.8, 4) is 0 Å². The van der Waals surface area contributed by atoms with Crippen LogP contribution in [-0.4, -0.2) is 14.8 Å². The summed E-state index contributed by atoms with van der Waals surface area (Å²) < 4.78 is 0. The van der Waals surface area contributed by atoms with Gasteiger partial charge in [-0.1, -0.05) is 188 Å². The van der Waals surface area contributed by atoms with Gasteiger partial charge in [-0.3, -0.25) is 25.4 Å². The Bertz CT molecular complexity index is 2060. The lowest BCUT2D eigenvalue weighted by molar-refractivity contribution is 0.165. The molecule has 2 saturated heterocycles. The Balaban J connectivity index is 1.15. The van der Waals surface area contributed by atoms with Crippen molar-refractivity contribution < 1.29 is 0 Å². The fourth-order valence-corrected chi connectivity index (χ4v) is 8.62. The minimum Gasteiger partial charge on any atom is -0.288 e. The first kappa shape index (κ1) is 34.1. The van der Waals surface area contributed by atoms with Crippen molar-refractivity contribution in [1.82, 2.24) is 25.4 Å². The van der Waals surface area contributed by atoms with E-state index in [-0.39, 0.29) is 36.5 Å². The first-order chi connectivity index (χ1) is 26.8. The van der Waals surface area contributed by atoms with Crippen molar-refractivity contribution in [1.29, 1.82) is 0 Å². The SMILES string of the molecule is c1ccc(CN2[C@H](c3cccc([C@@H]4N[C@@H](c5ccccc5)[C@H](c5ccccc5)N4Cc4ccccc4)n3)N[C@@H](c3ccccc3)[C@@H]2c2ccccc2)cc1. The third-order valence-corrected chi connectivity index (χ3v) is 11.1. The summed E-state index contributed by atoms with van der Waals surface area (Å²) in [6, 6.07) is 72.3. The smallest absolute Gasteiger partial charge is 0.105 e. The lowest BCUT2D eigenvalue weighted by Gasteiger charge is -2.32. The van der Waals surface area contributed by atoms with Crippen LogP contribution in [0.5, 0.6) is 0 Å². The van der Waals surface area contributed by atoms with Gasteiger partial charge >= 0.3 is 0 Å². The highest BCUT2D eigenvalue weighted by atomic mass is 15.4. The summed E-state index contributed by atoms with van der Waals surface area (Å²) in [5, 5.41) is 8.22. The van der Waals surface area contributed by atoms with Gasteiger partial charge in [0.25, 0.3) is 0 Å². The third kappa shape index (κ3) is 7.03. The van der Waals surface area contributed by atoms with Crippen molar-refractivity contribution in [3.63, 3.8) is 0 Å². The van der Waals surface area contributed by atoms with Crippen molar-refractivity contribution in [2.75, 3.05) is 0 Å². The van der Waals surface area contributed by atoms with E-state index in [4.69, 9.17) is 4.98 Å². The largest absolute Gasteiger partial charge is 0.288 e. The fraction of sp³-hybridized carbons (Fsp3) is 0.163. The van der Waals surface area contributed by atoms with E-state index in [1.807, 2.05) is 0 Å². The molecule has 7 aromatic rings. The molecule has 6 aromatic carbocycles. The van der Waals surface area contributed by atoms with E-state index in [0.717, 1.165) is 24.5 Å². The molecule has 266 valence electrons. The van der Waals surface area contributed by atoms with Crippen LogP contribution in [0.1, 0.15) is 81.3 Å². The molecule has 0 aliphatic carbocycles. The lowest BCUT2D eigenvalue weighted by atomic mass is 9.93. The molecule has 5 nitrogen and oxygen atoms in total. The number of hydrogen-bond donors (Lipinski definition) is 2. The summed E-state index contributed by atoms with van der Waals surface area (Å²) in [4.78, 5) is 10.8. The fourth-order valence-electron chi connectivity index (χ4n) is 8.62. The van der Waals surface area contributed by atoms with Crippen molar-refractivity contribution in [3.05, 3.63) is 245 Å². The molecular weight excluding hydrogens is 659 g/mol. The van der Waals surface area contributed by atoms with Crippen LogP contribution in [0.3, 0.4) is 0 Å². The topological polar surface area (TPSA) is 43.4 Å². The van der Waals surface area contributed by atoms with Crippen molar-refractivity contribution in [2.24, 2.45) is 0 Å². The molecular formula is C49H45N5. The zero-order chi connectivity index (χ0) is 36.1. The predicted octanol–water partition coefficient (Wildman–Crippen LogP) is 10.3. The Labute approximate surface area is 319 Å². The molecule has 5 heteroatoms. The van der Waals surface area contributed by atoms with Gasteiger partial charge in [0.2, 0.25) is 0 Å². The van der Waals surface area contributed by atoms with E-state index < -0.39 is 0 Å². The van der Waals surface area contributed by atoms with Gasteiger partial charge in [-0.05, 0) is 45.5 Å². The Hall–Kier alpha value is -5.69. The second-order valence-corrected chi connectivity index (χ2v) is 14.4. The van der Waals surface area contributed by atoms with Crippen LogP contribution < -0.4 is 10.6 Å². The lowest BCUT2D eigenvalue weighted by Crippen LogP contribution is -2.32. The summed E-state index contributed by atoms with van der Waals surface area (Å²) in [5.41, 5.74) is 9.70. The molecule has 2 N–H and O–H groups in total. The van der Waals surface area contributed by atoms with Gasteiger partial charge in [-0.15, -0.1) is 0 Å².